The second-order valence-electron chi connectivity index (χ2n) is 8.63. The maximum atomic E-state index is 13.3. The largest absolute Gasteiger partial charge is 0.368 e. The summed E-state index contributed by atoms with van der Waals surface area (Å²) < 4.78 is 1.42. The highest BCUT2D eigenvalue weighted by Crippen LogP contribution is 2.42. The van der Waals surface area contributed by atoms with E-state index < -0.39 is 6.04 Å². The predicted octanol–water partition coefficient (Wildman–Crippen LogP) is 3.83. The van der Waals surface area contributed by atoms with Crippen molar-refractivity contribution in [1.29, 1.82) is 5.26 Å². The van der Waals surface area contributed by atoms with Gasteiger partial charge in [-0.25, -0.2) is 0 Å². The number of hydrogen-bond donors (Lipinski definition) is 0. The number of rotatable bonds is 5. The summed E-state index contributed by atoms with van der Waals surface area (Å²) in [5.41, 5.74) is 2.48. The Labute approximate surface area is 205 Å². The van der Waals surface area contributed by atoms with Gasteiger partial charge in [0.05, 0.1) is 45.9 Å². The van der Waals surface area contributed by atoms with E-state index >= 15 is 0 Å². The Bertz CT molecular complexity index is 1100. The summed E-state index contributed by atoms with van der Waals surface area (Å²) >= 11 is 3.47. The molecule has 2 saturated heterocycles. The van der Waals surface area contributed by atoms with Gasteiger partial charge in [0.15, 0.2) is 0 Å². The number of amides is 2. The summed E-state index contributed by atoms with van der Waals surface area (Å²) in [5, 5.41) is 10.1. The number of nitrogens with zero attached hydrogens (tertiary/aromatic N) is 5. The molecule has 2 atom stereocenters. The van der Waals surface area contributed by atoms with Crippen molar-refractivity contribution >= 4 is 63.0 Å². The van der Waals surface area contributed by atoms with Crippen molar-refractivity contribution in [1.82, 2.24) is 13.0 Å². The lowest BCUT2D eigenvalue weighted by Gasteiger charge is -2.27. The molecule has 0 radical (unpaired) electrons. The topological polar surface area (TPSA) is 80.5 Å². The fourth-order valence-corrected chi connectivity index (χ4v) is 6.45. The first-order valence-electron chi connectivity index (χ1n) is 11.0. The fraction of sp³-hybridized carbons (Fsp3) is 0.478. The van der Waals surface area contributed by atoms with Gasteiger partial charge in [-0.3, -0.25) is 17.7 Å². The summed E-state index contributed by atoms with van der Waals surface area (Å²) in [6.45, 7) is 0.995. The maximum Gasteiger partial charge on any atom is 0.263 e. The van der Waals surface area contributed by atoms with Crippen LogP contribution in [-0.4, -0.2) is 61.6 Å². The molecule has 1 aliphatic carbocycles. The number of carbonyl (C=O) groups excluding carboxylic acids is 2. The summed E-state index contributed by atoms with van der Waals surface area (Å²) in [4.78, 5) is 34.5. The molecule has 3 heterocycles. The molecule has 2 aliphatic heterocycles. The Morgan fingerprint density at radius 1 is 1.28 bits per heavy atom. The van der Waals surface area contributed by atoms with Crippen LogP contribution in [0, 0.1) is 17.2 Å². The van der Waals surface area contributed by atoms with Crippen molar-refractivity contribution in [2.24, 2.45) is 5.92 Å². The van der Waals surface area contributed by atoms with Crippen LogP contribution >= 0.6 is 34.6 Å². The van der Waals surface area contributed by atoms with E-state index in [1.54, 1.807) is 28.9 Å². The molecule has 0 spiro atoms. The molecule has 7 nitrogen and oxygen atoms in total. The fourth-order valence-electron chi connectivity index (χ4n) is 4.79. The molecule has 2 amide bonds. The molecule has 2 aromatic rings. The molecule has 2 unspecified atom stereocenters. The number of carbonyl (C=O) groups is 2. The van der Waals surface area contributed by atoms with Gasteiger partial charge in [0.25, 0.3) is 5.91 Å². The zero-order valence-corrected chi connectivity index (χ0v) is 20.6. The van der Waals surface area contributed by atoms with E-state index in [2.05, 4.69) is 28.1 Å². The minimum atomic E-state index is -0.420. The molecule has 1 aromatic heterocycles. The summed E-state index contributed by atoms with van der Waals surface area (Å²) in [5.74, 6) is 1.50. The van der Waals surface area contributed by atoms with Crippen LogP contribution < -0.4 is 4.90 Å². The number of anilines is 1. The van der Waals surface area contributed by atoms with Crippen LogP contribution in [0.15, 0.2) is 30.5 Å². The molecule has 5 rings (SSSR count). The predicted molar refractivity (Wildman–Crippen MR) is 133 cm³/mol. The summed E-state index contributed by atoms with van der Waals surface area (Å²) in [7, 11) is 0. The first-order chi connectivity index (χ1) is 15.6. The third-order valence-electron chi connectivity index (χ3n) is 6.60. The Morgan fingerprint density at radius 2 is 2.12 bits per heavy atom. The standard InChI is InChI=1S/C23H24IN5O2S/c24-29(12-22(30)28-14-32-13-17(28)11-25)23(31)18-7-8-26-20-6-5-16(10-19(18)20)27-9-1-2-21(27)15-3-4-15/h5-8,10,15,17,21H,1-4,9,12-14H2. The number of hydrogen-bond acceptors (Lipinski definition) is 6. The maximum absolute atomic E-state index is 13.3. The van der Waals surface area contributed by atoms with Crippen molar-refractivity contribution in [3.63, 3.8) is 0 Å². The zero-order chi connectivity index (χ0) is 22.2. The van der Waals surface area contributed by atoms with Gasteiger partial charge in [0, 0.05) is 35.6 Å². The first-order valence-corrected chi connectivity index (χ1v) is 13.1. The van der Waals surface area contributed by atoms with Crippen molar-refractivity contribution in [2.75, 3.05) is 29.6 Å². The number of pyridine rings is 1. The number of halogens is 1. The second-order valence-corrected chi connectivity index (χ2v) is 10.8. The molecular formula is C23H24IN5O2S. The van der Waals surface area contributed by atoms with Crippen LogP contribution in [0.5, 0.6) is 0 Å². The first kappa shape index (κ1) is 21.8. The molecule has 166 valence electrons. The highest BCUT2D eigenvalue weighted by atomic mass is 127. The third kappa shape index (κ3) is 4.15. The zero-order valence-electron chi connectivity index (χ0n) is 17.6. The molecule has 0 bridgehead atoms. The van der Waals surface area contributed by atoms with E-state index in [1.807, 2.05) is 28.9 Å². The van der Waals surface area contributed by atoms with E-state index in [4.69, 9.17) is 0 Å². The molecule has 3 fully saturated rings. The number of nitriles is 1. The van der Waals surface area contributed by atoms with Crippen LogP contribution in [0.25, 0.3) is 10.9 Å². The Balaban J connectivity index is 1.38. The van der Waals surface area contributed by atoms with Gasteiger partial charge in [-0.05, 0) is 55.9 Å². The molecule has 1 aromatic carbocycles. The number of thioether (sulfide) groups is 1. The van der Waals surface area contributed by atoms with Gasteiger partial charge in [0.2, 0.25) is 5.91 Å². The van der Waals surface area contributed by atoms with Crippen LogP contribution in [0.2, 0.25) is 0 Å². The van der Waals surface area contributed by atoms with E-state index in [0.717, 1.165) is 29.1 Å². The van der Waals surface area contributed by atoms with Gasteiger partial charge in [-0.15, -0.1) is 11.8 Å². The van der Waals surface area contributed by atoms with E-state index in [-0.39, 0.29) is 18.4 Å². The van der Waals surface area contributed by atoms with Gasteiger partial charge < -0.3 is 9.80 Å². The number of benzene rings is 1. The number of aromatic nitrogens is 1. The van der Waals surface area contributed by atoms with Crippen molar-refractivity contribution in [2.45, 2.75) is 37.8 Å². The lowest BCUT2D eigenvalue weighted by Crippen LogP contribution is -2.41. The van der Waals surface area contributed by atoms with Gasteiger partial charge in [-0.2, -0.15) is 5.26 Å². The minimum Gasteiger partial charge on any atom is -0.368 e. The quantitative estimate of drug-likeness (QED) is 0.408. The molecule has 9 heteroatoms. The van der Waals surface area contributed by atoms with E-state index in [9.17, 15) is 14.9 Å². The average molecular weight is 561 g/mol. The molecule has 32 heavy (non-hydrogen) atoms. The molecule has 0 N–H and O–H groups in total. The Hall–Kier alpha value is -2.06. The van der Waals surface area contributed by atoms with Gasteiger partial charge in [-0.1, -0.05) is 0 Å². The Kier molecular flexibility index (Phi) is 6.16. The Morgan fingerprint density at radius 3 is 2.91 bits per heavy atom. The molecular weight excluding hydrogens is 537 g/mol. The lowest BCUT2D eigenvalue weighted by atomic mass is 10.1. The smallest absolute Gasteiger partial charge is 0.263 e. The van der Waals surface area contributed by atoms with Crippen LogP contribution in [0.4, 0.5) is 5.69 Å². The van der Waals surface area contributed by atoms with Crippen molar-refractivity contribution in [3.8, 4) is 6.07 Å². The van der Waals surface area contributed by atoms with Crippen LogP contribution in [0.1, 0.15) is 36.0 Å². The highest BCUT2D eigenvalue weighted by Gasteiger charge is 2.38. The van der Waals surface area contributed by atoms with Crippen molar-refractivity contribution < 1.29 is 9.59 Å². The third-order valence-corrected chi connectivity index (χ3v) is 8.39. The second kappa shape index (κ2) is 9.06. The minimum absolute atomic E-state index is 0.0580. The number of fused-ring (bicyclic) bond motifs is 1. The van der Waals surface area contributed by atoms with Gasteiger partial charge >= 0.3 is 0 Å². The van der Waals surface area contributed by atoms with Crippen molar-refractivity contribution in [3.05, 3.63) is 36.0 Å². The van der Waals surface area contributed by atoms with Crippen LogP contribution in [-0.2, 0) is 4.79 Å². The highest BCUT2D eigenvalue weighted by molar-refractivity contribution is 14.1. The monoisotopic (exact) mass is 561 g/mol. The molecule has 3 aliphatic rings. The van der Waals surface area contributed by atoms with Gasteiger partial charge in [0.1, 0.15) is 12.6 Å². The summed E-state index contributed by atoms with van der Waals surface area (Å²) in [6.07, 6.45) is 6.73. The average Bonchev–Trinajstić information content (AvgIpc) is 3.34. The SMILES string of the molecule is N#CC1CSCN1C(=O)CN(I)C(=O)c1ccnc2ccc(N3CCCC3C3CC3)cc12. The summed E-state index contributed by atoms with van der Waals surface area (Å²) in [6, 6.07) is 10.3. The van der Waals surface area contributed by atoms with Crippen LogP contribution in [0.3, 0.4) is 0 Å². The lowest BCUT2D eigenvalue weighted by molar-refractivity contribution is -0.130. The van der Waals surface area contributed by atoms with E-state index in [0.29, 0.717) is 23.2 Å². The molecule has 1 saturated carbocycles. The van der Waals surface area contributed by atoms with E-state index in [1.165, 1.54) is 28.8 Å². The normalized spacial score (nSPS) is 22.9.